The maximum Gasteiger partial charge on any atom is 0.234 e. The van der Waals surface area contributed by atoms with Crippen molar-refractivity contribution >= 4 is 40.6 Å². The van der Waals surface area contributed by atoms with E-state index in [0.717, 1.165) is 58.7 Å². The van der Waals surface area contributed by atoms with Crippen LogP contribution < -0.4 is 10.2 Å². The maximum absolute atomic E-state index is 12.9. The summed E-state index contributed by atoms with van der Waals surface area (Å²) in [6.45, 7) is 3.07. The Hall–Kier alpha value is -2.48. The number of aromatic nitrogens is 2. The lowest BCUT2D eigenvalue weighted by atomic mass is 10.1. The molecule has 8 heteroatoms. The number of benzene rings is 2. The molecule has 2 aromatic carbocycles. The molecule has 0 radical (unpaired) electrons. The van der Waals surface area contributed by atoms with Gasteiger partial charge >= 0.3 is 0 Å². The predicted molar refractivity (Wildman–Crippen MR) is 139 cm³/mol. The number of rotatable bonds is 7. The first-order valence-electron chi connectivity index (χ1n) is 11.9. The van der Waals surface area contributed by atoms with Crippen LogP contribution in [-0.2, 0) is 9.53 Å². The molecule has 1 N–H and O–H groups in total. The van der Waals surface area contributed by atoms with Gasteiger partial charge in [-0.05, 0) is 42.7 Å². The second-order valence-corrected chi connectivity index (χ2v) is 10.1. The van der Waals surface area contributed by atoms with Crippen LogP contribution in [0.2, 0.25) is 5.02 Å². The van der Waals surface area contributed by atoms with Crippen molar-refractivity contribution in [2.24, 2.45) is 0 Å². The van der Waals surface area contributed by atoms with Crippen molar-refractivity contribution in [2.75, 3.05) is 42.3 Å². The molecule has 1 aliphatic carbocycles. The third kappa shape index (κ3) is 5.27. The fourth-order valence-corrected chi connectivity index (χ4v) is 5.75. The highest BCUT2D eigenvalue weighted by Gasteiger charge is 2.24. The molecule has 1 saturated carbocycles. The van der Waals surface area contributed by atoms with Gasteiger partial charge < -0.3 is 19.5 Å². The van der Waals surface area contributed by atoms with Crippen molar-refractivity contribution in [2.45, 2.75) is 36.9 Å². The Morgan fingerprint density at radius 2 is 1.82 bits per heavy atom. The minimum Gasteiger partial charge on any atom is -0.378 e. The van der Waals surface area contributed by atoms with E-state index in [0.29, 0.717) is 25.0 Å². The summed E-state index contributed by atoms with van der Waals surface area (Å²) in [4.78, 5) is 19.9. The van der Waals surface area contributed by atoms with Crippen LogP contribution in [0.1, 0.15) is 31.7 Å². The highest BCUT2D eigenvalue weighted by molar-refractivity contribution is 7.99. The van der Waals surface area contributed by atoms with Crippen molar-refractivity contribution in [3.63, 3.8) is 0 Å². The minimum absolute atomic E-state index is 0.0280. The van der Waals surface area contributed by atoms with E-state index >= 15 is 0 Å². The Balaban J connectivity index is 1.31. The van der Waals surface area contributed by atoms with Gasteiger partial charge in [-0.2, -0.15) is 0 Å². The number of anilines is 2. The standard InChI is InChI=1S/C26H29ClN4O2S/c27-20-11-9-19(10-12-20)24-17-28-26(31(24)21-5-1-2-6-21)34-18-25(32)29-22-7-3-4-8-23(22)30-13-15-33-16-14-30/h3-4,7-12,17,21H,1-2,5-6,13-16,18H2,(H,29,32). The fourth-order valence-electron chi connectivity index (χ4n) is 4.78. The SMILES string of the molecule is O=C(CSc1ncc(-c2ccc(Cl)cc2)n1C1CCCC1)Nc1ccccc1N1CCOCC1. The van der Waals surface area contributed by atoms with Gasteiger partial charge in [0.25, 0.3) is 0 Å². The third-order valence-electron chi connectivity index (χ3n) is 6.45. The lowest BCUT2D eigenvalue weighted by Crippen LogP contribution is -2.36. The van der Waals surface area contributed by atoms with Gasteiger partial charge in [0.05, 0.1) is 42.2 Å². The Bertz CT molecular complexity index is 1120. The monoisotopic (exact) mass is 496 g/mol. The molecule has 34 heavy (non-hydrogen) atoms. The number of imidazole rings is 1. The molecular weight excluding hydrogens is 468 g/mol. The number of hydrogen-bond donors (Lipinski definition) is 1. The molecule has 1 aromatic heterocycles. The van der Waals surface area contributed by atoms with Crippen molar-refractivity contribution < 1.29 is 9.53 Å². The lowest BCUT2D eigenvalue weighted by Gasteiger charge is -2.30. The van der Waals surface area contributed by atoms with E-state index in [-0.39, 0.29) is 5.91 Å². The van der Waals surface area contributed by atoms with Crippen LogP contribution in [0.4, 0.5) is 11.4 Å². The second-order valence-electron chi connectivity index (χ2n) is 8.69. The normalized spacial score (nSPS) is 16.7. The van der Waals surface area contributed by atoms with Gasteiger partial charge in [0, 0.05) is 24.2 Å². The molecule has 1 aliphatic heterocycles. The van der Waals surface area contributed by atoms with Crippen molar-refractivity contribution in [1.29, 1.82) is 0 Å². The maximum atomic E-state index is 12.9. The summed E-state index contributed by atoms with van der Waals surface area (Å²) in [5, 5.41) is 4.74. The Morgan fingerprint density at radius 1 is 1.09 bits per heavy atom. The van der Waals surface area contributed by atoms with Crippen LogP contribution >= 0.6 is 23.4 Å². The Kier molecular flexibility index (Phi) is 7.42. The summed E-state index contributed by atoms with van der Waals surface area (Å²) in [7, 11) is 0. The molecule has 2 aliphatic rings. The molecule has 178 valence electrons. The zero-order chi connectivity index (χ0) is 23.3. The number of hydrogen-bond acceptors (Lipinski definition) is 5. The molecule has 0 unspecified atom stereocenters. The summed E-state index contributed by atoms with van der Waals surface area (Å²) >= 11 is 7.60. The Morgan fingerprint density at radius 3 is 2.59 bits per heavy atom. The van der Waals surface area contributed by atoms with Gasteiger partial charge in [0.1, 0.15) is 0 Å². The number of halogens is 1. The number of morpholine rings is 1. The zero-order valence-corrected chi connectivity index (χ0v) is 20.7. The number of carbonyl (C=O) groups excluding carboxylic acids is 1. The average Bonchev–Trinajstić information content (AvgIpc) is 3.54. The number of thioether (sulfide) groups is 1. The van der Waals surface area contributed by atoms with Gasteiger partial charge in [-0.3, -0.25) is 4.79 Å². The predicted octanol–water partition coefficient (Wildman–Crippen LogP) is 5.89. The van der Waals surface area contributed by atoms with E-state index in [1.54, 1.807) is 0 Å². The smallest absolute Gasteiger partial charge is 0.234 e. The molecule has 5 rings (SSSR count). The van der Waals surface area contributed by atoms with Crippen LogP contribution in [0.3, 0.4) is 0 Å². The van der Waals surface area contributed by atoms with E-state index in [4.69, 9.17) is 21.3 Å². The molecule has 0 spiro atoms. The summed E-state index contributed by atoms with van der Waals surface area (Å²) in [6, 6.07) is 16.3. The lowest BCUT2D eigenvalue weighted by molar-refractivity contribution is -0.113. The summed E-state index contributed by atoms with van der Waals surface area (Å²) < 4.78 is 7.80. The summed E-state index contributed by atoms with van der Waals surface area (Å²) in [5.74, 6) is 0.279. The van der Waals surface area contributed by atoms with Crippen molar-refractivity contribution in [1.82, 2.24) is 9.55 Å². The first-order chi connectivity index (χ1) is 16.7. The van der Waals surface area contributed by atoms with E-state index in [2.05, 4.69) is 20.9 Å². The van der Waals surface area contributed by atoms with Gasteiger partial charge in [-0.15, -0.1) is 0 Å². The van der Waals surface area contributed by atoms with Crippen LogP contribution in [0.5, 0.6) is 0 Å². The molecule has 2 fully saturated rings. The Labute approximate surface area is 209 Å². The van der Waals surface area contributed by atoms with E-state index in [1.807, 2.05) is 48.7 Å². The number of amides is 1. The van der Waals surface area contributed by atoms with Gasteiger partial charge in [0.2, 0.25) is 5.91 Å². The van der Waals surface area contributed by atoms with Crippen LogP contribution in [0.25, 0.3) is 11.3 Å². The first-order valence-corrected chi connectivity index (χ1v) is 13.2. The van der Waals surface area contributed by atoms with E-state index in [9.17, 15) is 4.79 Å². The molecule has 0 atom stereocenters. The van der Waals surface area contributed by atoms with Gasteiger partial charge in [-0.25, -0.2) is 4.98 Å². The highest BCUT2D eigenvalue weighted by atomic mass is 35.5. The van der Waals surface area contributed by atoms with Crippen molar-refractivity contribution in [3.8, 4) is 11.3 Å². The quantitative estimate of drug-likeness (QED) is 0.413. The number of ether oxygens (including phenoxy) is 1. The molecule has 6 nitrogen and oxygen atoms in total. The first kappa shape index (κ1) is 23.3. The van der Waals surface area contributed by atoms with Crippen LogP contribution in [0.15, 0.2) is 59.9 Å². The zero-order valence-electron chi connectivity index (χ0n) is 19.1. The molecule has 1 amide bonds. The summed E-state index contributed by atoms with van der Waals surface area (Å²) in [6.07, 6.45) is 6.67. The molecule has 3 aromatic rings. The largest absolute Gasteiger partial charge is 0.378 e. The molecule has 2 heterocycles. The molecular formula is C26H29ClN4O2S. The molecule has 0 bridgehead atoms. The average molecular weight is 497 g/mol. The number of nitrogens with zero attached hydrogens (tertiary/aromatic N) is 3. The fraction of sp³-hybridized carbons (Fsp3) is 0.385. The van der Waals surface area contributed by atoms with Gasteiger partial charge in [-0.1, -0.05) is 60.5 Å². The molecule has 1 saturated heterocycles. The summed E-state index contributed by atoms with van der Waals surface area (Å²) in [5.41, 5.74) is 4.07. The van der Waals surface area contributed by atoms with E-state index in [1.165, 1.54) is 24.6 Å². The third-order valence-corrected chi connectivity index (χ3v) is 7.67. The van der Waals surface area contributed by atoms with E-state index < -0.39 is 0 Å². The van der Waals surface area contributed by atoms with Crippen molar-refractivity contribution in [3.05, 3.63) is 59.8 Å². The highest BCUT2D eigenvalue weighted by Crippen LogP contribution is 2.38. The second kappa shape index (κ2) is 10.8. The number of carbonyl (C=O) groups is 1. The van der Waals surface area contributed by atoms with Crippen LogP contribution in [-0.4, -0.2) is 47.5 Å². The topological polar surface area (TPSA) is 59.4 Å². The van der Waals surface area contributed by atoms with Crippen LogP contribution in [0, 0.1) is 0 Å². The number of para-hydroxylation sites is 2. The van der Waals surface area contributed by atoms with Gasteiger partial charge in [0.15, 0.2) is 5.16 Å². The number of nitrogens with one attached hydrogen (secondary N) is 1. The minimum atomic E-state index is -0.0280.